The molecule has 0 amide bonds. The molecule has 0 aliphatic rings. The van der Waals surface area contributed by atoms with E-state index in [4.69, 9.17) is 0 Å². The Bertz CT molecular complexity index is 573. The highest BCUT2D eigenvalue weighted by molar-refractivity contribution is 5.45. The Hall–Kier alpha value is -1.84. The summed E-state index contributed by atoms with van der Waals surface area (Å²) in [7, 11) is 1.99. The van der Waals surface area contributed by atoms with Gasteiger partial charge in [0.15, 0.2) is 0 Å². The van der Waals surface area contributed by atoms with Gasteiger partial charge in [-0.3, -0.25) is 0 Å². The van der Waals surface area contributed by atoms with Gasteiger partial charge in [-0.15, -0.1) is 0 Å². The molecule has 2 aromatic rings. The standard InChI is InChI=1S/C14H16F2N2/c1-9-6-11(10(2)18(9)3)8-17-14-5-4-12(15)7-13(14)16/h4-7,17H,8H2,1-3H3. The summed E-state index contributed by atoms with van der Waals surface area (Å²) in [6.45, 7) is 4.57. The first-order valence-electron chi connectivity index (χ1n) is 5.79. The summed E-state index contributed by atoms with van der Waals surface area (Å²) >= 11 is 0. The number of hydrogen-bond donors (Lipinski definition) is 1. The van der Waals surface area contributed by atoms with Crippen LogP contribution < -0.4 is 5.32 Å². The van der Waals surface area contributed by atoms with Crippen LogP contribution >= 0.6 is 0 Å². The van der Waals surface area contributed by atoms with Crippen LogP contribution in [0.25, 0.3) is 0 Å². The molecule has 0 aliphatic carbocycles. The van der Waals surface area contributed by atoms with Gasteiger partial charge in [-0.2, -0.15) is 0 Å². The van der Waals surface area contributed by atoms with Gasteiger partial charge < -0.3 is 9.88 Å². The lowest BCUT2D eigenvalue weighted by molar-refractivity contribution is 0.585. The van der Waals surface area contributed by atoms with Crippen molar-refractivity contribution >= 4 is 5.69 Å². The summed E-state index contributed by atoms with van der Waals surface area (Å²) < 4.78 is 28.3. The summed E-state index contributed by atoms with van der Waals surface area (Å²) in [4.78, 5) is 0. The third kappa shape index (κ3) is 2.37. The molecule has 0 atom stereocenters. The van der Waals surface area contributed by atoms with Crippen LogP contribution in [-0.4, -0.2) is 4.57 Å². The summed E-state index contributed by atoms with van der Waals surface area (Å²) in [5.41, 5.74) is 3.72. The van der Waals surface area contributed by atoms with Crippen molar-refractivity contribution < 1.29 is 8.78 Å². The van der Waals surface area contributed by atoms with Crippen molar-refractivity contribution in [3.63, 3.8) is 0 Å². The van der Waals surface area contributed by atoms with Crippen molar-refractivity contribution in [3.8, 4) is 0 Å². The van der Waals surface area contributed by atoms with Crippen molar-refractivity contribution in [1.29, 1.82) is 0 Å². The third-order valence-electron chi connectivity index (χ3n) is 3.28. The normalized spacial score (nSPS) is 10.7. The molecule has 96 valence electrons. The fraction of sp³-hybridized carbons (Fsp3) is 0.286. The molecule has 1 N–H and O–H groups in total. The minimum Gasteiger partial charge on any atom is -0.379 e. The molecule has 2 rings (SSSR count). The van der Waals surface area contributed by atoms with Crippen LogP contribution in [0, 0.1) is 25.5 Å². The van der Waals surface area contributed by atoms with Gasteiger partial charge in [0.1, 0.15) is 11.6 Å². The number of aromatic nitrogens is 1. The summed E-state index contributed by atoms with van der Waals surface area (Å²) in [6, 6.07) is 5.60. The predicted octanol–water partition coefficient (Wildman–Crippen LogP) is 3.53. The molecule has 0 unspecified atom stereocenters. The molecule has 0 spiro atoms. The van der Waals surface area contributed by atoms with Crippen molar-refractivity contribution in [2.75, 3.05) is 5.32 Å². The number of anilines is 1. The summed E-state index contributed by atoms with van der Waals surface area (Å²) in [5.74, 6) is -1.13. The monoisotopic (exact) mass is 250 g/mol. The molecule has 0 radical (unpaired) electrons. The molecule has 0 saturated heterocycles. The van der Waals surface area contributed by atoms with E-state index in [1.54, 1.807) is 0 Å². The number of halogens is 2. The largest absolute Gasteiger partial charge is 0.379 e. The van der Waals surface area contributed by atoms with Crippen molar-refractivity contribution in [1.82, 2.24) is 4.57 Å². The van der Waals surface area contributed by atoms with Crippen LogP contribution in [0.2, 0.25) is 0 Å². The molecular formula is C14H16F2N2. The molecule has 1 heterocycles. The van der Waals surface area contributed by atoms with E-state index in [2.05, 4.69) is 16.0 Å². The zero-order chi connectivity index (χ0) is 13.3. The summed E-state index contributed by atoms with van der Waals surface area (Å²) in [5, 5.41) is 2.98. The Morgan fingerprint density at radius 1 is 1.17 bits per heavy atom. The Labute approximate surface area is 105 Å². The van der Waals surface area contributed by atoms with E-state index in [0.717, 1.165) is 23.0 Å². The van der Waals surface area contributed by atoms with Gasteiger partial charge in [0.05, 0.1) is 5.69 Å². The minimum absolute atomic E-state index is 0.317. The van der Waals surface area contributed by atoms with Gasteiger partial charge in [-0.25, -0.2) is 8.78 Å². The maximum atomic E-state index is 13.4. The van der Waals surface area contributed by atoms with Crippen LogP contribution in [0.5, 0.6) is 0 Å². The van der Waals surface area contributed by atoms with Gasteiger partial charge >= 0.3 is 0 Å². The second kappa shape index (κ2) is 4.80. The number of rotatable bonds is 3. The van der Waals surface area contributed by atoms with E-state index >= 15 is 0 Å². The zero-order valence-electron chi connectivity index (χ0n) is 10.7. The Morgan fingerprint density at radius 2 is 1.89 bits per heavy atom. The smallest absolute Gasteiger partial charge is 0.149 e. The van der Waals surface area contributed by atoms with E-state index in [-0.39, 0.29) is 0 Å². The van der Waals surface area contributed by atoms with E-state index in [9.17, 15) is 8.78 Å². The fourth-order valence-corrected chi connectivity index (χ4v) is 1.94. The lowest BCUT2D eigenvalue weighted by atomic mass is 10.2. The number of hydrogen-bond acceptors (Lipinski definition) is 1. The molecule has 2 nitrogen and oxygen atoms in total. The molecular weight excluding hydrogens is 234 g/mol. The Balaban J connectivity index is 2.14. The average molecular weight is 250 g/mol. The molecule has 0 fully saturated rings. The number of nitrogens with one attached hydrogen (secondary N) is 1. The van der Waals surface area contributed by atoms with Crippen LogP contribution in [0.15, 0.2) is 24.3 Å². The minimum atomic E-state index is -0.569. The molecule has 18 heavy (non-hydrogen) atoms. The zero-order valence-corrected chi connectivity index (χ0v) is 10.7. The Morgan fingerprint density at radius 3 is 2.44 bits per heavy atom. The fourth-order valence-electron chi connectivity index (χ4n) is 1.94. The van der Waals surface area contributed by atoms with Crippen LogP contribution in [0.4, 0.5) is 14.5 Å². The van der Waals surface area contributed by atoms with Crippen molar-refractivity contribution in [3.05, 3.63) is 52.9 Å². The highest BCUT2D eigenvalue weighted by Gasteiger charge is 2.07. The molecule has 0 saturated carbocycles. The first-order valence-corrected chi connectivity index (χ1v) is 5.79. The SMILES string of the molecule is Cc1cc(CNc2ccc(F)cc2F)c(C)n1C. The molecule has 0 bridgehead atoms. The molecule has 1 aromatic heterocycles. The maximum Gasteiger partial charge on any atom is 0.149 e. The van der Waals surface area contributed by atoms with E-state index in [1.807, 2.05) is 20.9 Å². The van der Waals surface area contributed by atoms with Gasteiger partial charge in [-0.1, -0.05) is 0 Å². The van der Waals surface area contributed by atoms with Crippen LogP contribution in [0.1, 0.15) is 17.0 Å². The predicted molar refractivity (Wildman–Crippen MR) is 68.6 cm³/mol. The van der Waals surface area contributed by atoms with Gasteiger partial charge in [-0.05, 0) is 37.6 Å². The van der Waals surface area contributed by atoms with Crippen molar-refractivity contribution in [2.24, 2.45) is 7.05 Å². The highest BCUT2D eigenvalue weighted by atomic mass is 19.1. The van der Waals surface area contributed by atoms with Gasteiger partial charge in [0.25, 0.3) is 0 Å². The number of aryl methyl sites for hydroxylation is 1. The van der Waals surface area contributed by atoms with Crippen LogP contribution in [0.3, 0.4) is 0 Å². The molecule has 4 heteroatoms. The molecule has 1 aromatic carbocycles. The second-order valence-electron chi connectivity index (χ2n) is 4.43. The molecule has 0 aliphatic heterocycles. The van der Waals surface area contributed by atoms with E-state index in [1.165, 1.54) is 12.1 Å². The number of nitrogens with zero attached hydrogens (tertiary/aromatic N) is 1. The van der Waals surface area contributed by atoms with Gasteiger partial charge in [0, 0.05) is 31.0 Å². The van der Waals surface area contributed by atoms with Crippen LogP contribution in [-0.2, 0) is 13.6 Å². The highest BCUT2D eigenvalue weighted by Crippen LogP contribution is 2.18. The van der Waals surface area contributed by atoms with E-state index in [0.29, 0.717) is 12.2 Å². The van der Waals surface area contributed by atoms with Gasteiger partial charge in [0.2, 0.25) is 0 Å². The first-order chi connectivity index (χ1) is 8.49. The topological polar surface area (TPSA) is 17.0 Å². The average Bonchev–Trinajstić information content (AvgIpc) is 2.56. The van der Waals surface area contributed by atoms with Crippen molar-refractivity contribution in [2.45, 2.75) is 20.4 Å². The lowest BCUT2D eigenvalue weighted by Crippen LogP contribution is -2.03. The quantitative estimate of drug-likeness (QED) is 0.881. The number of benzene rings is 1. The summed E-state index contributed by atoms with van der Waals surface area (Å²) in [6.07, 6.45) is 0. The second-order valence-corrected chi connectivity index (χ2v) is 4.43. The lowest BCUT2D eigenvalue weighted by Gasteiger charge is -2.08. The Kier molecular flexibility index (Phi) is 3.36. The van der Waals surface area contributed by atoms with E-state index < -0.39 is 11.6 Å². The first kappa shape index (κ1) is 12.6. The maximum absolute atomic E-state index is 13.4. The third-order valence-corrected chi connectivity index (χ3v) is 3.28.